The standard InChI is InChI=1S/C16H21N5O3S2/c1-10(2)14-19-13(9-20(14)4)26(23,24)17-6-7-21-11(3)18-15-12(16(21)22)5-8-25-15/h5,8-10,17H,6-7H2,1-4H3. The van der Waals surface area contributed by atoms with E-state index in [1.165, 1.54) is 22.1 Å². The lowest BCUT2D eigenvalue weighted by molar-refractivity contribution is 0.563. The number of nitrogens with zero attached hydrogens (tertiary/aromatic N) is 4. The minimum Gasteiger partial charge on any atom is -0.336 e. The van der Waals surface area contributed by atoms with Crippen molar-refractivity contribution in [3.63, 3.8) is 0 Å². The molecule has 0 bridgehead atoms. The zero-order valence-corrected chi connectivity index (χ0v) is 16.7. The van der Waals surface area contributed by atoms with E-state index in [2.05, 4.69) is 14.7 Å². The van der Waals surface area contributed by atoms with Crippen LogP contribution in [-0.2, 0) is 23.6 Å². The molecule has 26 heavy (non-hydrogen) atoms. The van der Waals surface area contributed by atoms with Crippen LogP contribution < -0.4 is 10.3 Å². The Kier molecular flexibility index (Phi) is 5.00. The molecule has 3 aromatic heterocycles. The van der Waals surface area contributed by atoms with Gasteiger partial charge in [-0.05, 0) is 18.4 Å². The lowest BCUT2D eigenvalue weighted by Gasteiger charge is -2.10. The first-order valence-corrected chi connectivity index (χ1v) is 10.5. The average Bonchev–Trinajstić information content (AvgIpc) is 3.17. The molecular weight excluding hydrogens is 374 g/mol. The van der Waals surface area contributed by atoms with Crippen LogP contribution in [0.25, 0.3) is 10.2 Å². The van der Waals surface area contributed by atoms with Gasteiger partial charge >= 0.3 is 0 Å². The third kappa shape index (κ3) is 3.44. The third-order valence-electron chi connectivity index (χ3n) is 4.08. The molecule has 10 heteroatoms. The first-order valence-electron chi connectivity index (χ1n) is 8.18. The first-order chi connectivity index (χ1) is 12.2. The number of imidazole rings is 1. The van der Waals surface area contributed by atoms with Gasteiger partial charge in [0, 0.05) is 32.3 Å². The molecule has 3 heterocycles. The van der Waals surface area contributed by atoms with Gasteiger partial charge in [0.05, 0.1) is 5.39 Å². The van der Waals surface area contributed by atoms with Gasteiger partial charge in [-0.15, -0.1) is 11.3 Å². The van der Waals surface area contributed by atoms with Crippen molar-refractivity contribution in [1.82, 2.24) is 23.8 Å². The van der Waals surface area contributed by atoms with Crippen LogP contribution >= 0.6 is 11.3 Å². The summed E-state index contributed by atoms with van der Waals surface area (Å²) in [5, 5.41) is 2.35. The van der Waals surface area contributed by atoms with E-state index >= 15 is 0 Å². The maximum atomic E-state index is 12.5. The maximum Gasteiger partial charge on any atom is 0.262 e. The Labute approximate surface area is 155 Å². The molecule has 0 radical (unpaired) electrons. The Morgan fingerprint density at radius 3 is 2.69 bits per heavy atom. The van der Waals surface area contributed by atoms with Crippen molar-refractivity contribution in [1.29, 1.82) is 0 Å². The predicted molar refractivity (Wildman–Crippen MR) is 101 cm³/mol. The monoisotopic (exact) mass is 395 g/mol. The summed E-state index contributed by atoms with van der Waals surface area (Å²) < 4.78 is 30.6. The molecule has 0 aromatic carbocycles. The van der Waals surface area contributed by atoms with Gasteiger partial charge in [-0.25, -0.2) is 23.1 Å². The summed E-state index contributed by atoms with van der Waals surface area (Å²) in [5.41, 5.74) is -0.159. The molecule has 0 fully saturated rings. The van der Waals surface area contributed by atoms with Crippen LogP contribution in [0.3, 0.4) is 0 Å². The largest absolute Gasteiger partial charge is 0.336 e. The van der Waals surface area contributed by atoms with Crippen LogP contribution in [0, 0.1) is 6.92 Å². The predicted octanol–water partition coefficient (Wildman–Crippen LogP) is 1.60. The number of sulfonamides is 1. The van der Waals surface area contributed by atoms with E-state index in [1.54, 1.807) is 24.6 Å². The van der Waals surface area contributed by atoms with E-state index in [0.717, 1.165) is 0 Å². The van der Waals surface area contributed by atoms with Crippen molar-refractivity contribution in [3.8, 4) is 0 Å². The van der Waals surface area contributed by atoms with Crippen LogP contribution in [-0.4, -0.2) is 34.1 Å². The minimum absolute atomic E-state index is 0.0146. The molecule has 0 amide bonds. The Morgan fingerprint density at radius 1 is 1.31 bits per heavy atom. The van der Waals surface area contributed by atoms with Crippen LogP contribution in [0.2, 0.25) is 0 Å². The lowest BCUT2D eigenvalue weighted by Crippen LogP contribution is -2.32. The number of aromatic nitrogens is 4. The molecule has 0 spiro atoms. The molecule has 3 rings (SSSR count). The van der Waals surface area contributed by atoms with Crippen molar-refractivity contribution in [2.24, 2.45) is 7.05 Å². The summed E-state index contributed by atoms with van der Waals surface area (Å²) in [7, 11) is -1.97. The first kappa shape index (κ1) is 18.7. The molecule has 0 saturated heterocycles. The van der Waals surface area contributed by atoms with Crippen molar-refractivity contribution >= 4 is 31.6 Å². The highest BCUT2D eigenvalue weighted by Crippen LogP contribution is 2.16. The number of nitrogens with one attached hydrogen (secondary N) is 1. The Balaban J connectivity index is 1.77. The smallest absolute Gasteiger partial charge is 0.262 e. The summed E-state index contributed by atoms with van der Waals surface area (Å²) in [6, 6.07) is 1.73. The summed E-state index contributed by atoms with van der Waals surface area (Å²) in [6.45, 7) is 5.92. The van der Waals surface area contributed by atoms with Gasteiger partial charge in [-0.1, -0.05) is 13.8 Å². The quantitative estimate of drug-likeness (QED) is 0.683. The number of thiophene rings is 1. The lowest BCUT2D eigenvalue weighted by atomic mass is 10.2. The van der Waals surface area contributed by atoms with Crippen molar-refractivity contribution in [2.75, 3.05) is 6.54 Å². The highest BCUT2D eigenvalue weighted by atomic mass is 32.2. The van der Waals surface area contributed by atoms with E-state index < -0.39 is 10.0 Å². The van der Waals surface area contributed by atoms with E-state index in [0.29, 0.717) is 21.9 Å². The third-order valence-corrected chi connectivity index (χ3v) is 6.22. The molecule has 140 valence electrons. The highest BCUT2D eigenvalue weighted by molar-refractivity contribution is 7.89. The number of hydrogen-bond acceptors (Lipinski definition) is 6. The second-order valence-corrected chi connectivity index (χ2v) is 8.96. The van der Waals surface area contributed by atoms with Gasteiger partial charge in [-0.2, -0.15) is 0 Å². The molecule has 0 unspecified atom stereocenters. The molecule has 1 N–H and O–H groups in total. The molecule has 3 aromatic rings. The Bertz CT molecular complexity index is 1110. The molecule has 8 nitrogen and oxygen atoms in total. The average molecular weight is 396 g/mol. The second-order valence-electron chi connectivity index (χ2n) is 6.36. The van der Waals surface area contributed by atoms with Crippen LogP contribution in [0.15, 0.2) is 27.5 Å². The van der Waals surface area contributed by atoms with Gasteiger partial charge in [0.2, 0.25) is 0 Å². The zero-order chi connectivity index (χ0) is 19.1. The zero-order valence-electron chi connectivity index (χ0n) is 15.1. The SMILES string of the molecule is Cc1nc2sccc2c(=O)n1CCNS(=O)(=O)c1cn(C)c(C(C)C)n1. The molecule has 0 aliphatic rings. The van der Waals surface area contributed by atoms with Crippen molar-refractivity contribution in [2.45, 2.75) is 38.3 Å². The molecule has 0 atom stereocenters. The van der Waals surface area contributed by atoms with E-state index in [-0.39, 0.29) is 29.6 Å². The Hall–Kier alpha value is -2.04. The van der Waals surface area contributed by atoms with E-state index in [9.17, 15) is 13.2 Å². The van der Waals surface area contributed by atoms with Crippen molar-refractivity contribution < 1.29 is 8.42 Å². The second kappa shape index (κ2) is 6.93. The van der Waals surface area contributed by atoms with Gasteiger partial charge in [-0.3, -0.25) is 9.36 Å². The summed E-state index contributed by atoms with van der Waals surface area (Å²) in [4.78, 5) is 21.8. The number of rotatable bonds is 6. The summed E-state index contributed by atoms with van der Waals surface area (Å²) >= 11 is 1.41. The maximum absolute atomic E-state index is 12.5. The van der Waals surface area contributed by atoms with Gasteiger partial charge in [0.1, 0.15) is 16.5 Å². The minimum atomic E-state index is -3.74. The number of fused-ring (bicyclic) bond motifs is 1. The normalized spacial score (nSPS) is 12.3. The molecule has 0 aliphatic heterocycles. The van der Waals surface area contributed by atoms with Gasteiger partial charge in [0.25, 0.3) is 15.6 Å². The summed E-state index contributed by atoms with van der Waals surface area (Å²) in [6.07, 6.45) is 1.49. The topological polar surface area (TPSA) is 98.9 Å². The van der Waals surface area contributed by atoms with Crippen molar-refractivity contribution in [3.05, 3.63) is 39.6 Å². The van der Waals surface area contributed by atoms with Crippen LogP contribution in [0.5, 0.6) is 0 Å². The van der Waals surface area contributed by atoms with E-state index in [4.69, 9.17) is 0 Å². The van der Waals surface area contributed by atoms with Gasteiger partial charge < -0.3 is 4.57 Å². The fourth-order valence-electron chi connectivity index (χ4n) is 2.80. The van der Waals surface area contributed by atoms with Crippen LogP contribution in [0.4, 0.5) is 0 Å². The fourth-order valence-corrected chi connectivity index (χ4v) is 4.62. The number of aryl methyl sites for hydroxylation is 2. The molecular formula is C16H21N5O3S2. The Morgan fingerprint density at radius 2 is 2.04 bits per heavy atom. The summed E-state index contributed by atoms with van der Waals surface area (Å²) in [5.74, 6) is 1.38. The molecule has 0 aliphatic carbocycles. The molecule has 0 saturated carbocycles. The highest BCUT2D eigenvalue weighted by Gasteiger charge is 2.20. The number of hydrogen-bond donors (Lipinski definition) is 1. The van der Waals surface area contributed by atoms with E-state index in [1.807, 2.05) is 19.2 Å². The fraction of sp³-hybridized carbons (Fsp3) is 0.438. The van der Waals surface area contributed by atoms with Gasteiger partial charge in [0.15, 0.2) is 5.03 Å². The van der Waals surface area contributed by atoms with Crippen LogP contribution in [0.1, 0.15) is 31.4 Å².